The molecule has 0 saturated carbocycles. The third-order valence-electron chi connectivity index (χ3n) is 7.32. The molecule has 1 saturated heterocycles. The van der Waals surface area contributed by atoms with Crippen LogP contribution in [0.15, 0.2) is 66.7 Å². The Kier molecular flexibility index (Phi) is 11.0. The lowest BCUT2D eigenvalue weighted by atomic mass is 10.00. The summed E-state index contributed by atoms with van der Waals surface area (Å²) in [6.07, 6.45) is -10.3. The number of rotatable bonds is 12. The molecule has 1 fully saturated rings. The molecule has 2 atom stereocenters. The first-order valence-corrected chi connectivity index (χ1v) is 14.7. The maximum absolute atomic E-state index is 13.6. The Hall–Kier alpha value is -4.10. The number of anilines is 1. The normalized spacial score (nSPS) is 15.3. The first-order valence-electron chi connectivity index (χ1n) is 14.7. The molecule has 13 heteroatoms. The Balaban J connectivity index is 1.54. The van der Waals surface area contributed by atoms with Crippen LogP contribution in [0.25, 0.3) is 0 Å². The number of ether oxygens (including phenoxy) is 1. The summed E-state index contributed by atoms with van der Waals surface area (Å²) in [5.74, 6) is -0.284. The molecule has 0 aliphatic carbocycles. The van der Waals surface area contributed by atoms with E-state index in [0.717, 1.165) is 5.56 Å². The van der Waals surface area contributed by atoms with E-state index in [1.807, 2.05) is 13.8 Å². The molecule has 1 heterocycles. The molecule has 4 rings (SSSR count). The van der Waals surface area contributed by atoms with Crippen LogP contribution in [0.1, 0.15) is 59.3 Å². The van der Waals surface area contributed by atoms with E-state index in [1.165, 1.54) is 6.07 Å². The van der Waals surface area contributed by atoms with Gasteiger partial charge in [-0.1, -0.05) is 30.3 Å². The minimum Gasteiger partial charge on any atom is -0.491 e. The van der Waals surface area contributed by atoms with Gasteiger partial charge in [-0.3, -0.25) is 9.59 Å². The predicted molar refractivity (Wildman–Crippen MR) is 159 cm³/mol. The van der Waals surface area contributed by atoms with Crippen LogP contribution < -0.4 is 20.3 Å². The number of nitrogens with zero attached hydrogens (tertiary/aromatic N) is 1. The highest BCUT2D eigenvalue weighted by Gasteiger charge is 2.37. The van der Waals surface area contributed by atoms with Crippen molar-refractivity contribution in [2.24, 2.45) is 0 Å². The Bertz CT molecular complexity index is 1480. The van der Waals surface area contributed by atoms with Crippen LogP contribution in [0.4, 0.5) is 32.0 Å². The first kappa shape index (κ1) is 34.8. The SMILES string of the molecule is CC(C)Oc1cc(C(=O)NC(Cc2ccccc2)C(O)CNCc2cc(C(F)(F)F)cc(C(F)(F)F)c2)cc(N2CCCC2=O)c1. The first-order chi connectivity index (χ1) is 21.6. The van der Waals surface area contributed by atoms with Crippen molar-refractivity contribution in [1.82, 2.24) is 10.6 Å². The third-order valence-corrected chi connectivity index (χ3v) is 7.32. The minimum atomic E-state index is -4.99. The van der Waals surface area contributed by atoms with Crippen molar-refractivity contribution in [1.29, 1.82) is 0 Å². The van der Waals surface area contributed by atoms with Crippen LogP contribution >= 0.6 is 0 Å². The van der Waals surface area contributed by atoms with Gasteiger partial charge in [0.25, 0.3) is 5.91 Å². The maximum Gasteiger partial charge on any atom is 0.416 e. The van der Waals surface area contributed by atoms with Gasteiger partial charge in [0, 0.05) is 43.4 Å². The molecule has 2 amide bonds. The summed E-state index contributed by atoms with van der Waals surface area (Å²) in [6, 6.07) is 14.0. The third kappa shape index (κ3) is 9.46. The number of hydrogen-bond acceptors (Lipinski definition) is 5. The van der Waals surface area contributed by atoms with E-state index in [2.05, 4.69) is 10.6 Å². The molecule has 3 N–H and O–H groups in total. The van der Waals surface area contributed by atoms with Crippen molar-refractivity contribution < 1.29 is 45.8 Å². The largest absolute Gasteiger partial charge is 0.491 e. The molecular weight excluding hydrogens is 616 g/mol. The zero-order valence-corrected chi connectivity index (χ0v) is 25.2. The molecule has 7 nitrogen and oxygen atoms in total. The van der Waals surface area contributed by atoms with Crippen molar-refractivity contribution in [3.05, 3.63) is 94.5 Å². The van der Waals surface area contributed by atoms with E-state index in [1.54, 1.807) is 47.4 Å². The van der Waals surface area contributed by atoms with E-state index in [9.17, 15) is 41.0 Å². The number of aliphatic hydroxyl groups excluding tert-OH is 1. The maximum atomic E-state index is 13.6. The van der Waals surface area contributed by atoms with Gasteiger partial charge in [-0.15, -0.1) is 0 Å². The van der Waals surface area contributed by atoms with Gasteiger partial charge < -0.3 is 25.4 Å². The Labute approximate surface area is 262 Å². The molecule has 0 bridgehead atoms. The lowest BCUT2D eigenvalue weighted by molar-refractivity contribution is -0.143. The lowest BCUT2D eigenvalue weighted by Crippen LogP contribution is -2.48. The average molecular weight is 652 g/mol. The van der Waals surface area contributed by atoms with Crippen LogP contribution in [0.5, 0.6) is 5.75 Å². The summed E-state index contributed by atoms with van der Waals surface area (Å²) in [5, 5.41) is 16.7. The fraction of sp³-hybridized carbons (Fsp3) is 0.394. The second-order valence-corrected chi connectivity index (χ2v) is 11.4. The van der Waals surface area contributed by atoms with E-state index in [4.69, 9.17) is 4.74 Å². The zero-order valence-electron chi connectivity index (χ0n) is 25.2. The van der Waals surface area contributed by atoms with E-state index >= 15 is 0 Å². The van der Waals surface area contributed by atoms with E-state index in [0.29, 0.717) is 43.0 Å². The molecule has 248 valence electrons. The topological polar surface area (TPSA) is 90.9 Å². The van der Waals surface area contributed by atoms with E-state index < -0.39 is 48.1 Å². The van der Waals surface area contributed by atoms with Gasteiger partial charge >= 0.3 is 12.4 Å². The quantitative estimate of drug-likeness (QED) is 0.205. The summed E-state index contributed by atoms with van der Waals surface area (Å²) >= 11 is 0. The summed E-state index contributed by atoms with van der Waals surface area (Å²) in [6.45, 7) is 3.45. The number of hydrogen-bond donors (Lipinski definition) is 3. The highest BCUT2D eigenvalue weighted by atomic mass is 19.4. The Morgan fingerprint density at radius 3 is 2.15 bits per heavy atom. The predicted octanol–water partition coefficient (Wildman–Crippen LogP) is 6.13. The fourth-order valence-electron chi connectivity index (χ4n) is 5.16. The molecule has 1 aliphatic rings. The molecule has 2 unspecified atom stereocenters. The molecule has 46 heavy (non-hydrogen) atoms. The second kappa shape index (κ2) is 14.5. The van der Waals surface area contributed by atoms with Gasteiger partial charge in [0.05, 0.1) is 29.4 Å². The molecule has 3 aromatic rings. The Morgan fingerprint density at radius 2 is 1.59 bits per heavy atom. The number of nitrogens with one attached hydrogen (secondary N) is 2. The molecule has 0 radical (unpaired) electrons. The highest BCUT2D eigenvalue weighted by molar-refractivity contribution is 5.99. The number of carbonyl (C=O) groups excluding carboxylic acids is 2. The van der Waals surface area contributed by atoms with Crippen LogP contribution in [-0.2, 0) is 30.1 Å². The Morgan fingerprint density at radius 1 is 0.935 bits per heavy atom. The summed E-state index contributed by atoms with van der Waals surface area (Å²) in [5.41, 5.74) is -1.72. The van der Waals surface area contributed by atoms with Gasteiger partial charge in [0.2, 0.25) is 5.91 Å². The van der Waals surface area contributed by atoms with Gasteiger partial charge in [-0.2, -0.15) is 26.3 Å². The minimum absolute atomic E-state index is 0.0516. The van der Waals surface area contributed by atoms with Crippen LogP contribution in [0, 0.1) is 0 Å². The van der Waals surface area contributed by atoms with Crippen LogP contribution in [0.2, 0.25) is 0 Å². The molecule has 0 aromatic heterocycles. The number of benzene rings is 3. The number of amides is 2. The van der Waals surface area contributed by atoms with Crippen LogP contribution in [-0.4, -0.2) is 48.3 Å². The van der Waals surface area contributed by atoms with Crippen molar-refractivity contribution in [3.63, 3.8) is 0 Å². The molecule has 1 aliphatic heterocycles. The standard InChI is InChI=1S/C33H35F6N3O4/c1-20(2)46-27-15-23(14-26(17-27)42-10-6-9-30(42)44)31(45)41-28(13-21-7-4-3-5-8-21)29(43)19-40-18-22-11-24(32(34,35)36)16-25(12-22)33(37,38)39/h3-5,7-8,11-12,14-17,20,28-29,40,43H,6,9-10,13,18-19H2,1-2H3,(H,41,45). The monoisotopic (exact) mass is 651 g/mol. The average Bonchev–Trinajstić information content (AvgIpc) is 3.41. The fourth-order valence-corrected chi connectivity index (χ4v) is 5.16. The van der Waals surface area contributed by atoms with Crippen molar-refractivity contribution >= 4 is 17.5 Å². The smallest absolute Gasteiger partial charge is 0.416 e. The number of aliphatic hydroxyl groups is 1. The van der Waals surface area contributed by atoms with Crippen molar-refractivity contribution in [2.45, 2.75) is 70.3 Å². The number of carbonyl (C=O) groups is 2. The second-order valence-electron chi connectivity index (χ2n) is 11.4. The van der Waals surface area contributed by atoms with Crippen molar-refractivity contribution in [3.8, 4) is 5.75 Å². The summed E-state index contributed by atoms with van der Waals surface area (Å²) in [7, 11) is 0. The summed E-state index contributed by atoms with van der Waals surface area (Å²) < 4.78 is 85.5. The number of alkyl halides is 6. The van der Waals surface area contributed by atoms with E-state index in [-0.39, 0.29) is 42.2 Å². The number of halogens is 6. The lowest BCUT2D eigenvalue weighted by Gasteiger charge is -2.26. The van der Waals surface area contributed by atoms with Gasteiger partial charge in [0.15, 0.2) is 0 Å². The van der Waals surface area contributed by atoms with Crippen molar-refractivity contribution in [2.75, 3.05) is 18.0 Å². The van der Waals surface area contributed by atoms with Gasteiger partial charge in [0.1, 0.15) is 5.75 Å². The van der Waals surface area contributed by atoms with Gasteiger partial charge in [-0.25, -0.2) is 0 Å². The highest BCUT2D eigenvalue weighted by Crippen LogP contribution is 2.36. The van der Waals surface area contributed by atoms with Crippen LogP contribution in [0.3, 0.4) is 0 Å². The molecular formula is C33H35F6N3O4. The molecule has 3 aromatic carbocycles. The molecule has 0 spiro atoms. The van der Waals surface area contributed by atoms with Gasteiger partial charge in [-0.05, 0) is 68.1 Å². The summed E-state index contributed by atoms with van der Waals surface area (Å²) in [4.78, 5) is 27.6. The zero-order chi connectivity index (χ0) is 33.6.